The fourth-order valence-electron chi connectivity index (χ4n) is 3.34. The van der Waals surface area contributed by atoms with Crippen molar-refractivity contribution in [2.75, 3.05) is 12.3 Å². The number of carbonyl (C=O) groups excluding carboxylic acids is 2. The standard InChI is InChI=1S/C25H32Cl2N2O2S/c1-5-23(25(31)28-13-17(2)3)29(14-20-21(26)10-7-11-22(20)27)24(30)16-32-15-19-9-6-8-18(4)12-19/h6-12,17,23H,5,13-16H2,1-4H3,(H,28,31)/t23-/m1/s1. The number of nitrogens with zero attached hydrogens (tertiary/aromatic N) is 1. The summed E-state index contributed by atoms with van der Waals surface area (Å²) in [7, 11) is 0. The first kappa shape index (κ1) is 26.6. The highest BCUT2D eigenvalue weighted by atomic mass is 35.5. The van der Waals surface area contributed by atoms with Gasteiger partial charge in [0.05, 0.1) is 5.75 Å². The largest absolute Gasteiger partial charge is 0.354 e. The van der Waals surface area contributed by atoms with Crippen LogP contribution in [0.25, 0.3) is 0 Å². The Labute approximate surface area is 206 Å². The number of hydrogen-bond acceptors (Lipinski definition) is 3. The molecule has 2 amide bonds. The highest BCUT2D eigenvalue weighted by molar-refractivity contribution is 7.99. The molecule has 32 heavy (non-hydrogen) atoms. The van der Waals surface area contributed by atoms with E-state index in [4.69, 9.17) is 23.2 Å². The lowest BCUT2D eigenvalue weighted by Crippen LogP contribution is -2.50. The topological polar surface area (TPSA) is 49.4 Å². The third kappa shape index (κ3) is 8.02. The second-order valence-electron chi connectivity index (χ2n) is 8.27. The summed E-state index contributed by atoms with van der Waals surface area (Å²) < 4.78 is 0. The Balaban J connectivity index is 2.19. The van der Waals surface area contributed by atoms with Crippen molar-refractivity contribution in [1.29, 1.82) is 0 Å². The van der Waals surface area contributed by atoms with Gasteiger partial charge >= 0.3 is 0 Å². The van der Waals surface area contributed by atoms with E-state index >= 15 is 0 Å². The molecule has 4 nitrogen and oxygen atoms in total. The van der Waals surface area contributed by atoms with E-state index < -0.39 is 6.04 Å². The number of amides is 2. The molecule has 0 fully saturated rings. The van der Waals surface area contributed by atoms with Crippen molar-refractivity contribution in [3.63, 3.8) is 0 Å². The molecule has 0 bridgehead atoms. The van der Waals surface area contributed by atoms with E-state index in [-0.39, 0.29) is 24.1 Å². The van der Waals surface area contributed by atoms with Crippen molar-refractivity contribution in [3.05, 3.63) is 69.2 Å². The SMILES string of the molecule is CC[C@H](C(=O)NCC(C)C)N(Cc1c(Cl)cccc1Cl)C(=O)CSCc1cccc(C)c1. The van der Waals surface area contributed by atoms with E-state index in [1.165, 1.54) is 22.9 Å². The maximum Gasteiger partial charge on any atom is 0.242 e. The Morgan fingerprint density at radius 2 is 1.75 bits per heavy atom. The minimum absolute atomic E-state index is 0.106. The van der Waals surface area contributed by atoms with Crippen molar-refractivity contribution < 1.29 is 9.59 Å². The summed E-state index contributed by atoms with van der Waals surface area (Å²) in [6.45, 7) is 8.79. The average Bonchev–Trinajstić information content (AvgIpc) is 2.74. The van der Waals surface area contributed by atoms with Crippen molar-refractivity contribution >= 4 is 46.8 Å². The van der Waals surface area contributed by atoms with Gasteiger partial charge in [-0.3, -0.25) is 9.59 Å². The van der Waals surface area contributed by atoms with Crippen LogP contribution in [-0.4, -0.2) is 35.1 Å². The molecular formula is C25H32Cl2N2O2S. The van der Waals surface area contributed by atoms with Crippen LogP contribution < -0.4 is 5.32 Å². The summed E-state index contributed by atoms with van der Waals surface area (Å²) in [4.78, 5) is 27.9. The maximum atomic E-state index is 13.3. The van der Waals surface area contributed by atoms with Gasteiger partial charge in [-0.2, -0.15) is 0 Å². The molecule has 2 aromatic carbocycles. The van der Waals surface area contributed by atoms with Crippen LogP contribution in [-0.2, 0) is 21.9 Å². The Morgan fingerprint density at radius 3 is 2.34 bits per heavy atom. The van der Waals surface area contributed by atoms with E-state index in [0.29, 0.717) is 34.5 Å². The van der Waals surface area contributed by atoms with Gasteiger partial charge < -0.3 is 10.2 Å². The number of rotatable bonds is 11. The fourth-order valence-corrected chi connectivity index (χ4v) is 4.71. The van der Waals surface area contributed by atoms with Crippen LogP contribution in [0.5, 0.6) is 0 Å². The number of halogens is 2. The third-order valence-electron chi connectivity index (χ3n) is 5.04. The van der Waals surface area contributed by atoms with Gasteiger partial charge in [-0.25, -0.2) is 0 Å². The minimum atomic E-state index is -0.590. The van der Waals surface area contributed by atoms with Crippen molar-refractivity contribution in [3.8, 4) is 0 Å². The van der Waals surface area contributed by atoms with Gasteiger partial charge in [0.25, 0.3) is 0 Å². The summed E-state index contributed by atoms with van der Waals surface area (Å²) in [5.41, 5.74) is 3.02. The van der Waals surface area contributed by atoms with Crippen molar-refractivity contribution in [2.24, 2.45) is 5.92 Å². The van der Waals surface area contributed by atoms with Gasteiger partial charge in [0.1, 0.15) is 6.04 Å². The summed E-state index contributed by atoms with van der Waals surface area (Å²) in [5.74, 6) is 1.06. The van der Waals surface area contributed by atoms with Crippen LogP contribution in [0.15, 0.2) is 42.5 Å². The first-order valence-corrected chi connectivity index (χ1v) is 12.8. The highest BCUT2D eigenvalue weighted by Gasteiger charge is 2.29. The molecule has 174 valence electrons. The van der Waals surface area contributed by atoms with Crippen LogP contribution in [0.1, 0.15) is 43.9 Å². The van der Waals surface area contributed by atoms with E-state index in [1.807, 2.05) is 26.8 Å². The van der Waals surface area contributed by atoms with Gasteiger partial charge in [-0.15, -0.1) is 11.8 Å². The zero-order chi connectivity index (χ0) is 23.7. The van der Waals surface area contributed by atoms with E-state index in [1.54, 1.807) is 23.1 Å². The second kappa shape index (κ2) is 13.1. The van der Waals surface area contributed by atoms with E-state index in [2.05, 4.69) is 30.4 Å². The first-order chi connectivity index (χ1) is 15.2. The molecule has 7 heteroatoms. The van der Waals surface area contributed by atoms with E-state index in [0.717, 1.165) is 5.75 Å². The summed E-state index contributed by atoms with van der Waals surface area (Å²) in [5, 5.41) is 3.94. The van der Waals surface area contributed by atoms with Crippen LogP contribution in [0, 0.1) is 12.8 Å². The summed E-state index contributed by atoms with van der Waals surface area (Å²) in [6, 6.07) is 12.9. The van der Waals surface area contributed by atoms with Crippen LogP contribution >= 0.6 is 35.0 Å². The summed E-state index contributed by atoms with van der Waals surface area (Å²) >= 11 is 14.3. The van der Waals surface area contributed by atoms with Gasteiger partial charge in [-0.05, 0) is 37.0 Å². The van der Waals surface area contributed by atoms with Gasteiger partial charge in [-0.1, -0.05) is 79.9 Å². The fraction of sp³-hybridized carbons (Fsp3) is 0.440. The number of hydrogen-bond donors (Lipinski definition) is 1. The zero-order valence-electron chi connectivity index (χ0n) is 19.2. The van der Waals surface area contributed by atoms with Crippen molar-refractivity contribution in [2.45, 2.75) is 52.5 Å². The smallest absolute Gasteiger partial charge is 0.242 e. The van der Waals surface area contributed by atoms with Crippen molar-refractivity contribution in [1.82, 2.24) is 10.2 Å². The Hall–Kier alpha value is -1.69. The van der Waals surface area contributed by atoms with Gasteiger partial charge in [0.2, 0.25) is 11.8 Å². The molecule has 0 heterocycles. The Morgan fingerprint density at radius 1 is 1.09 bits per heavy atom. The molecule has 0 aliphatic heterocycles. The molecule has 2 aromatic rings. The third-order valence-corrected chi connectivity index (χ3v) is 6.73. The van der Waals surface area contributed by atoms with Crippen LogP contribution in [0.2, 0.25) is 10.0 Å². The predicted octanol–water partition coefficient (Wildman–Crippen LogP) is 6.11. The predicted molar refractivity (Wildman–Crippen MR) is 136 cm³/mol. The van der Waals surface area contributed by atoms with Gasteiger partial charge in [0.15, 0.2) is 0 Å². The molecule has 0 aliphatic carbocycles. The maximum absolute atomic E-state index is 13.3. The number of thioether (sulfide) groups is 1. The number of nitrogens with one attached hydrogen (secondary N) is 1. The van der Waals surface area contributed by atoms with E-state index in [9.17, 15) is 9.59 Å². The zero-order valence-corrected chi connectivity index (χ0v) is 21.5. The molecule has 0 spiro atoms. The second-order valence-corrected chi connectivity index (χ2v) is 10.1. The molecule has 0 unspecified atom stereocenters. The number of benzene rings is 2. The molecule has 1 atom stereocenters. The normalized spacial score (nSPS) is 12.0. The lowest BCUT2D eigenvalue weighted by Gasteiger charge is -2.31. The molecule has 0 aromatic heterocycles. The molecular weight excluding hydrogens is 463 g/mol. The molecule has 2 rings (SSSR count). The van der Waals surface area contributed by atoms with Crippen LogP contribution in [0.3, 0.4) is 0 Å². The van der Waals surface area contributed by atoms with Gasteiger partial charge in [0, 0.05) is 34.5 Å². The molecule has 1 N–H and O–H groups in total. The first-order valence-electron chi connectivity index (χ1n) is 10.9. The number of aryl methyl sites for hydroxylation is 1. The Bertz CT molecular complexity index is 900. The quantitative estimate of drug-likeness (QED) is 0.409. The molecule has 0 radical (unpaired) electrons. The Kier molecular flexibility index (Phi) is 10.9. The summed E-state index contributed by atoms with van der Waals surface area (Å²) in [6.07, 6.45) is 0.500. The number of carbonyl (C=O) groups is 2. The lowest BCUT2D eigenvalue weighted by atomic mass is 10.1. The molecule has 0 saturated heterocycles. The molecule has 0 saturated carbocycles. The van der Waals surface area contributed by atoms with Crippen LogP contribution in [0.4, 0.5) is 0 Å². The highest BCUT2D eigenvalue weighted by Crippen LogP contribution is 2.27. The molecule has 0 aliphatic rings. The monoisotopic (exact) mass is 494 g/mol. The lowest BCUT2D eigenvalue weighted by molar-refractivity contribution is -0.139. The minimum Gasteiger partial charge on any atom is -0.354 e. The average molecular weight is 496 g/mol.